The SMILES string of the molecule is ClP1(Cl)=NP(Cl)(Cl)=NP2(=N1)N1CCN2Cc2ccccc2OCCOCCOc2ccccc2C1. The van der Waals surface area contributed by atoms with Crippen molar-refractivity contribution >= 4 is 64.3 Å². The van der Waals surface area contributed by atoms with E-state index >= 15 is 0 Å². The van der Waals surface area contributed by atoms with E-state index in [-0.39, 0.29) is 0 Å². The van der Waals surface area contributed by atoms with Gasteiger partial charge in [-0.25, -0.2) is 9.34 Å². The lowest BCUT2D eigenvalue weighted by molar-refractivity contribution is 0.0758. The first-order valence-electron chi connectivity index (χ1n) is 11.0. The highest BCUT2D eigenvalue weighted by Crippen LogP contribution is 2.87. The number of hydrogen-bond acceptors (Lipinski definition) is 8. The van der Waals surface area contributed by atoms with Gasteiger partial charge in [0.05, 0.1) is 13.2 Å². The minimum atomic E-state index is -3.13. The van der Waals surface area contributed by atoms with E-state index in [1.165, 1.54) is 0 Å². The first kappa shape index (κ1) is 26.4. The van der Waals surface area contributed by atoms with E-state index in [0.717, 1.165) is 22.6 Å². The molecule has 15 heteroatoms. The smallest absolute Gasteiger partial charge is 0.257 e. The Morgan fingerprint density at radius 3 is 1.63 bits per heavy atom. The van der Waals surface area contributed by atoms with Crippen molar-refractivity contribution < 1.29 is 14.2 Å². The van der Waals surface area contributed by atoms with E-state index in [2.05, 4.69) is 13.9 Å². The highest BCUT2D eigenvalue weighted by Gasteiger charge is 2.46. The monoisotopic (exact) mass is 615 g/mol. The van der Waals surface area contributed by atoms with Crippen molar-refractivity contribution in [3.8, 4) is 11.5 Å². The Bertz CT molecular complexity index is 1200. The Labute approximate surface area is 224 Å². The molecule has 0 radical (unpaired) electrons. The van der Waals surface area contributed by atoms with Gasteiger partial charge in [-0.1, -0.05) is 36.4 Å². The molecule has 3 aliphatic rings. The van der Waals surface area contributed by atoms with Crippen molar-refractivity contribution in [2.75, 3.05) is 39.5 Å². The second-order valence-electron chi connectivity index (χ2n) is 8.02. The average Bonchev–Trinajstić information content (AvgIpc) is 3.07. The summed E-state index contributed by atoms with van der Waals surface area (Å²) < 4.78 is 36.2. The fourth-order valence-electron chi connectivity index (χ4n) is 4.19. The van der Waals surface area contributed by atoms with Gasteiger partial charge in [0.25, 0.3) is 11.8 Å². The topological polar surface area (TPSA) is 71.3 Å². The van der Waals surface area contributed by atoms with Crippen LogP contribution < -0.4 is 9.47 Å². The molecular weight excluding hydrogens is 593 g/mol. The molecule has 2 atom stereocenters. The molecule has 2 unspecified atom stereocenters. The van der Waals surface area contributed by atoms with Crippen LogP contribution in [0.25, 0.3) is 0 Å². The predicted molar refractivity (Wildman–Crippen MR) is 147 cm³/mol. The fraction of sp³-hybridized carbons (Fsp3) is 0.400. The predicted octanol–water partition coefficient (Wildman–Crippen LogP) is 8.60. The zero-order valence-electron chi connectivity index (χ0n) is 18.6. The van der Waals surface area contributed by atoms with Crippen molar-refractivity contribution in [1.29, 1.82) is 0 Å². The first-order valence-corrected chi connectivity index (χ1v) is 19.6. The Balaban J connectivity index is 1.62. The van der Waals surface area contributed by atoms with Crippen LogP contribution >= 0.6 is 64.3 Å². The standard InChI is InChI=1S/C20H24Cl4N5O3P3/c21-33(22)25-34(23,24)27-35(26-33)28-9-10-29(35)16-18-6-2-4-8-20(18)32-14-12-30-11-13-31-19-7-3-1-5-17(19)15-28/h1-8H,9-16H2. The summed E-state index contributed by atoms with van der Waals surface area (Å²) in [6.45, 7) is 4.16. The normalized spacial score (nSPS) is 29.8. The van der Waals surface area contributed by atoms with Gasteiger partial charge in [-0.15, -0.1) is 0 Å². The van der Waals surface area contributed by atoms with Crippen LogP contribution in [0, 0.1) is 0 Å². The second kappa shape index (κ2) is 10.9. The lowest BCUT2D eigenvalue weighted by atomic mass is 10.2. The van der Waals surface area contributed by atoms with Crippen LogP contribution in [0.1, 0.15) is 11.1 Å². The van der Waals surface area contributed by atoms with Gasteiger partial charge in [0.1, 0.15) is 24.7 Å². The number of halogens is 4. The number of ether oxygens (including phenoxy) is 3. The average molecular weight is 617 g/mol. The number of para-hydroxylation sites is 2. The summed E-state index contributed by atoms with van der Waals surface area (Å²) in [4.78, 5) is 0. The second-order valence-corrected chi connectivity index (χ2v) is 20.9. The Kier molecular flexibility index (Phi) is 8.19. The molecule has 3 aliphatic heterocycles. The summed E-state index contributed by atoms with van der Waals surface area (Å²) in [7, 11) is -2.85. The number of rotatable bonds is 0. The lowest BCUT2D eigenvalue weighted by Crippen LogP contribution is -2.20. The van der Waals surface area contributed by atoms with Crippen LogP contribution in [0.15, 0.2) is 62.1 Å². The van der Waals surface area contributed by atoms with Crippen LogP contribution in [0.3, 0.4) is 0 Å². The molecule has 0 N–H and O–H groups in total. The summed E-state index contributed by atoms with van der Waals surface area (Å²) in [5.74, 6) is -4.70. The molecule has 0 aromatic heterocycles. The summed E-state index contributed by atoms with van der Waals surface area (Å²) >= 11 is 26.4. The highest BCUT2D eigenvalue weighted by molar-refractivity contribution is 8.20. The van der Waals surface area contributed by atoms with Gasteiger partial charge >= 0.3 is 0 Å². The van der Waals surface area contributed by atoms with E-state index in [0.29, 0.717) is 52.6 Å². The number of fused-ring (bicyclic) bond motifs is 2. The van der Waals surface area contributed by atoms with Crippen LogP contribution in [0.2, 0.25) is 0 Å². The van der Waals surface area contributed by atoms with Gasteiger partial charge in [0.15, 0.2) is 0 Å². The molecule has 0 amide bonds. The lowest BCUT2D eigenvalue weighted by Gasteiger charge is -2.36. The summed E-state index contributed by atoms with van der Waals surface area (Å²) in [6.07, 6.45) is 0. The fourth-order valence-corrected chi connectivity index (χ4v) is 20.5. The van der Waals surface area contributed by atoms with Crippen molar-refractivity contribution in [1.82, 2.24) is 9.34 Å². The Hall–Kier alpha value is -0.230. The molecule has 5 rings (SSSR count). The number of hydrogen-bond donors (Lipinski definition) is 0. The van der Waals surface area contributed by atoms with Crippen LogP contribution in [0.5, 0.6) is 11.5 Å². The zero-order chi connectivity index (χ0) is 24.5. The molecule has 2 bridgehead atoms. The quantitative estimate of drug-likeness (QED) is 0.277. The summed E-state index contributed by atoms with van der Waals surface area (Å²) in [6, 6.07) is 15.8. The van der Waals surface area contributed by atoms with Crippen molar-refractivity contribution in [3.05, 3.63) is 59.7 Å². The Morgan fingerprint density at radius 1 is 0.629 bits per heavy atom. The Morgan fingerprint density at radius 2 is 1.11 bits per heavy atom. The van der Waals surface area contributed by atoms with E-state index in [1.54, 1.807) is 0 Å². The number of benzene rings is 2. The molecule has 8 nitrogen and oxygen atoms in total. The van der Waals surface area contributed by atoms with Gasteiger partial charge in [-0.3, -0.25) is 0 Å². The molecule has 2 aromatic carbocycles. The van der Waals surface area contributed by atoms with Gasteiger partial charge < -0.3 is 14.2 Å². The van der Waals surface area contributed by atoms with E-state index in [4.69, 9.17) is 68.2 Å². The molecule has 1 fully saturated rings. The molecule has 1 spiro atoms. The van der Waals surface area contributed by atoms with Crippen molar-refractivity contribution in [2.24, 2.45) is 13.5 Å². The zero-order valence-corrected chi connectivity index (χ0v) is 24.3. The highest BCUT2D eigenvalue weighted by atomic mass is 35.9. The van der Waals surface area contributed by atoms with Gasteiger partial charge in [0.2, 0.25) is 7.51 Å². The van der Waals surface area contributed by atoms with E-state index < -0.39 is 19.3 Å². The van der Waals surface area contributed by atoms with E-state index in [9.17, 15) is 0 Å². The third kappa shape index (κ3) is 6.10. The largest absolute Gasteiger partial charge is 0.491 e. The van der Waals surface area contributed by atoms with Crippen molar-refractivity contribution in [2.45, 2.75) is 13.1 Å². The van der Waals surface area contributed by atoms with Crippen LogP contribution in [0.4, 0.5) is 0 Å². The molecule has 3 heterocycles. The molecule has 0 saturated carbocycles. The number of nitrogens with zero attached hydrogens (tertiary/aromatic N) is 5. The van der Waals surface area contributed by atoms with Gasteiger partial charge in [-0.2, -0.15) is 13.5 Å². The van der Waals surface area contributed by atoms with Gasteiger partial charge in [0, 0.05) is 37.3 Å². The van der Waals surface area contributed by atoms with E-state index in [1.807, 2.05) is 48.5 Å². The molecule has 35 heavy (non-hydrogen) atoms. The first-order chi connectivity index (χ1) is 16.8. The molecule has 190 valence electrons. The van der Waals surface area contributed by atoms with Crippen LogP contribution in [-0.4, -0.2) is 48.9 Å². The molecular formula is C20H24Cl4N5O3P3. The minimum absolute atomic E-state index is 0.420. The van der Waals surface area contributed by atoms with Crippen LogP contribution in [-0.2, 0) is 17.8 Å². The molecule has 0 aliphatic carbocycles. The summed E-state index contributed by atoms with van der Waals surface area (Å²) in [5, 5.41) is 0. The minimum Gasteiger partial charge on any atom is -0.491 e. The van der Waals surface area contributed by atoms with Gasteiger partial charge in [-0.05, 0) is 57.1 Å². The molecule has 2 aromatic rings. The maximum atomic E-state index is 6.60. The third-order valence-corrected chi connectivity index (χ3v) is 18.1. The summed E-state index contributed by atoms with van der Waals surface area (Å²) in [5.41, 5.74) is 2.00. The third-order valence-electron chi connectivity index (χ3n) is 5.67. The van der Waals surface area contributed by atoms with Crippen molar-refractivity contribution in [3.63, 3.8) is 0 Å². The molecule has 1 saturated heterocycles. The maximum Gasteiger partial charge on any atom is 0.257 e. The maximum absolute atomic E-state index is 6.60.